The van der Waals surface area contributed by atoms with E-state index in [2.05, 4.69) is 0 Å². The van der Waals surface area contributed by atoms with Crippen LogP contribution in [0, 0.1) is 0 Å². The van der Waals surface area contributed by atoms with Crippen LogP contribution in [0.3, 0.4) is 0 Å². The van der Waals surface area contributed by atoms with Gasteiger partial charge in [0.25, 0.3) is 0 Å². The Bertz CT molecular complexity index is 161. The van der Waals surface area contributed by atoms with Crippen molar-refractivity contribution in [1.29, 1.82) is 0 Å². The van der Waals surface area contributed by atoms with Crippen molar-refractivity contribution in [3.05, 3.63) is 0 Å². The molecule has 2 heteroatoms. The van der Waals surface area contributed by atoms with Gasteiger partial charge in [0.2, 0.25) is 0 Å². The third kappa shape index (κ3) is 5.83. The summed E-state index contributed by atoms with van der Waals surface area (Å²) in [7, 11) is 0. The number of hydrogen-bond donors (Lipinski definition) is 0. The lowest BCUT2D eigenvalue weighted by Crippen LogP contribution is -2.25. The van der Waals surface area contributed by atoms with Gasteiger partial charge in [-0.3, -0.25) is 0 Å². The second-order valence-electron chi connectivity index (χ2n) is 4.92. The molecule has 0 aromatic carbocycles. The Morgan fingerprint density at radius 3 is 1.94 bits per heavy atom. The molecule has 0 heterocycles. The lowest BCUT2D eigenvalue weighted by Gasteiger charge is -2.21. The van der Waals surface area contributed by atoms with Gasteiger partial charge in [0, 0.05) is 6.61 Å². The first-order valence-corrected chi connectivity index (χ1v) is 7.10. The fraction of sp³-hybridized carbons (Fsp3) is 1.00. The first-order valence-electron chi connectivity index (χ1n) is 7.10. The average molecular weight is 230 g/mol. The molecule has 1 unspecified atom stereocenters. The van der Waals surface area contributed by atoms with Gasteiger partial charge in [-0.15, -0.1) is 0 Å². The molecular formula is C14H27FO. The minimum atomic E-state index is -0.737. The first-order chi connectivity index (χ1) is 7.84. The van der Waals surface area contributed by atoms with Gasteiger partial charge in [-0.2, -0.15) is 0 Å². The van der Waals surface area contributed by atoms with E-state index in [4.69, 9.17) is 4.74 Å². The van der Waals surface area contributed by atoms with E-state index in [0.717, 1.165) is 19.3 Å². The van der Waals surface area contributed by atoms with Crippen LogP contribution in [0.5, 0.6) is 0 Å². The van der Waals surface area contributed by atoms with E-state index >= 15 is 0 Å². The lowest BCUT2D eigenvalue weighted by atomic mass is 9.98. The van der Waals surface area contributed by atoms with Crippen molar-refractivity contribution in [1.82, 2.24) is 0 Å². The Morgan fingerprint density at radius 2 is 1.38 bits per heavy atom. The summed E-state index contributed by atoms with van der Waals surface area (Å²) in [5, 5.41) is 0. The highest BCUT2D eigenvalue weighted by atomic mass is 19.1. The third-order valence-electron chi connectivity index (χ3n) is 3.50. The first kappa shape index (κ1) is 14.0. The van der Waals surface area contributed by atoms with E-state index in [9.17, 15) is 4.39 Å². The number of halogens is 1. The molecule has 2 atom stereocenters. The molecule has 0 spiro atoms. The Hall–Kier alpha value is -0.110. The van der Waals surface area contributed by atoms with Gasteiger partial charge < -0.3 is 4.74 Å². The van der Waals surface area contributed by atoms with Gasteiger partial charge in [0.1, 0.15) is 6.17 Å². The van der Waals surface area contributed by atoms with Crippen molar-refractivity contribution in [3.63, 3.8) is 0 Å². The van der Waals surface area contributed by atoms with Crippen LogP contribution >= 0.6 is 0 Å². The number of alkyl halides is 1. The monoisotopic (exact) mass is 230 g/mol. The standard InChI is InChI=1S/C14H27FO/c1-2-16-14-12-10-8-6-4-3-5-7-9-11-13(14)15/h13-14H,2-12H2,1H3/t13-,14?/m0/s1. The molecule has 0 N–H and O–H groups in total. The summed E-state index contributed by atoms with van der Waals surface area (Å²) in [5.41, 5.74) is 0. The van der Waals surface area contributed by atoms with Gasteiger partial charge in [-0.25, -0.2) is 4.39 Å². The van der Waals surface area contributed by atoms with Crippen molar-refractivity contribution >= 4 is 0 Å². The van der Waals surface area contributed by atoms with Crippen LogP contribution < -0.4 is 0 Å². The van der Waals surface area contributed by atoms with Crippen molar-refractivity contribution in [3.8, 4) is 0 Å². The van der Waals surface area contributed by atoms with E-state index in [0.29, 0.717) is 13.0 Å². The molecule has 1 fully saturated rings. The predicted molar refractivity (Wildman–Crippen MR) is 66.5 cm³/mol. The minimum absolute atomic E-state index is 0.135. The maximum atomic E-state index is 13.9. The summed E-state index contributed by atoms with van der Waals surface area (Å²) in [5.74, 6) is 0. The fourth-order valence-corrected chi connectivity index (χ4v) is 2.51. The number of rotatable bonds is 2. The summed E-state index contributed by atoms with van der Waals surface area (Å²) in [6.45, 7) is 2.61. The van der Waals surface area contributed by atoms with Gasteiger partial charge in [0.05, 0.1) is 6.10 Å². The molecule has 0 amide bonds. The summed E-state index contributed by atoms with van der Waals surface area (Å²) in [6.07, 6.45) is 10.6. The van der Waals surface area contributed by atoms with Crippen LogP contribution in [0.25, 0.3) is 0 Å². The molecule has 0 radical (unpaired) electrons. The minimum Gasteiger partial charge on any atom is -0.375 e. The number of ether oxygens (including phenoxy) is 1. The molecule has 1 aliphatic carbocycles. The molecule has 0 aromatic rings. The number of hydrogen-bond acceptors (Lipinski definition) is 1. The summed E-state index contributed by atoms with van der Waals surface area (Å²) < 4.78 is 19.4. The van der Waals surface area contributed by atoms with Crippen LogP contribution in [-0.2, 0) is 4.74 Å². The van der Waals surface area contributed by atoms with Crippen LogP contribution in [0.2, 0.25) is 0 Å². The fourth-order valence-electron chi connectivity index (χ4n) is 2.51. The zero-order valence-electron chi connectivity index (χ0n) is 10.7. The van der Waals surface area contributed by atoms with E-state index in [1.807, 2.05) is 6.92 Å². The van der Waals surface area contributed by atoms with Gasteiger partial charge in [0.15, 0.2) is 0 Å². The molecule has 0 bridgehead atoms. The van der Waals surface area contributed by atoms with E-state index in [-0.39, 0.29) is 6.10 Å². The second kappa shape index (κ2) is 8.98. The largest absolute Gasteiger partial charge is 0.375 e. The van der Waals surface area contributed by atoms with Crippen molar-refractivity contribution < 1.29 is 9.13 Å². The molecular weight excluding hydrogens is 203 g/mol. The Balaban J connectivity index is 2.33. The summed E-state index contributed by atoms with van der Waals surface area (Å²) in [6, 6.07) is 0. The summed E-state index contributed by atoms with van der Waals surface area (Å²) >= 11 is 0. The highest BCUT2D eigenvalue weighted by Gasteiger charge is 2.20. The Labute approximate surface area is 99.8 Å². The highest BCUT2D eigenvalue weighted by Crippen LogP contribution is 2.21. The van der Waals surface area contributed by atoms with E-state index in [1.54, 1.807) is 0 Å². The second-order valence-corrected chi connectivity index (χ2v) is 4.92. The van der Waals surface area contributed by atoms with Gasteiger partial charge in [-0.05, 0) is 19.8 Å². The zero-order chi connectivity index (χ0) is 11.6. The van der Waals surface area contributed by atoms with Crippen molar-refractivity contribution in [2.24, 2.45) is 0 Å². The zero-order valence-corrected chi connectivity index (χ0v) is 10.7. The molecule has 16 heavy (non-hydrogen) atoms. The Kier molecular flexibility index (Phi) is 7.83. The molecule has 0 aliphatic heterocycles. The molecule has 0 aromatic heterocycles. The molecule has 1 nitrogen and oxygen atoms in total. The molecule has 0 saturated heterocycles. The van der Waals surface area contributed by atoms with Crippen molar-refractivity contribution in [2.45, 2.75) is 83.4 Å². The van der Waals surface area contributed by atoms with Crippen LogP contribution in [0.1, 0.15) is 71.1 Å². The summed E-state index contributed by atoms with van der Waals surface area (Å²) in [4.78, 5) is 0. The van der Waals surface area contributed by atoms with Crippen molar-refractivity contribution in [2.75, 3.05) is 6.61 Å². The normalized spacial score (nSPS) is 30.4. The van der Waals surface area contributed by atoms with Gasteiger partial charge >= 0.3 is 0 Å². The molecule has 1 rings (SSSR count). The van der Waals surface area contributed by atoms with E-state index < -0.39 is 6.17 Å². The quantitative estimate of drug-likeness (QED) is 0.671. The van der Waals surface area contributed by atoms with E-state index in [1.165, 1.54) is 38.5 Å². The SMILES string of the molecule is CCOC1CCCCCCCCCC[C@@H]1F. The smallest absolute Gasteiger partial charge is 0.126 e. The molecule has 1 saturated carbocycles. The molecule has 96 valence electrons. The topological polar surface area (TPSA) is 9.23 Å². The van der Waals surface area contributed by atoms with Gasteiger partial charge in [-0.1, -0.05) is 51.4 Å². The molecule has 1 aliphatic rings. The predicted octanol–water partition coefficient (Wildman–Crippen LogP) is 4.64. The lowest BCUT2D eigenvalue weighted by molar-refractivity contribution is -0.00598. The van der Waals surface area contributed by atoms with Crippen LogP contribution in [0.4, 0.5) is 4.39 Å². The average Bonchev–Trinajstić information content (AvgIpc) is 2.28. The van der Waals surface area contributed by atoms with Crippen LogP contribution in [0.15, 0.2) is 0 Å². The maximum Gasteiger partial charge on any atom is 0.126 e. The highest BCUT2D eigenvalue weighted by molar-refractivity contribution is 4.70. The maximum absolute atomic E-state index is 13.9. The Morgan fingerprint density at radius 1 is 0.875 bits per heavy atom. The third-order valence-corrected chi connectivity index (χ3v) is 3.50. The van der Waals surface area contributed by atoms with Crippen LogP contribution in [-0.4, -0.2) is 18.9 Å².